The Labute approximate surface area is 168 Å². The summed E-state index contributed by atoms with van der Waals surface area (Å²) in [5.74, 6) is 0.499. The Balaban J connectivity index is 1.59. The maximum Gasteiger partial charge on any atom is 0.253 e. The summed E-state index contributed by atoms with van der Waals surface area (Å²) in [6.07, 6.45) is 0. The molecule has 2 aromatic carbocycles. The molecule has 6 nitrogen and oxygen atoms in total. The van der Waals surface area contributed by atoms with E-state index in [4.69, 9.17) is 9.47 Å². The number of benzene rings is 2. The van der Waals surface area contributed by atoms with Gasteiger partial charge < -0.3 is 14.8 Å². The van der Waals surface area contributed by atoms with Crippen LogP contribution in [-0.2, 0) is 5.41 Å². The lowest BCUT2D eigenvalue weighted by Gasteiger charge is -2.26. The van der Waals surface area contributed by atoms with Crippen LogP contribution in [0.5, 0.6) is 11.5 Å². The van der Waals surface area contributed by atoms with Crippen molar-refractivity contribution >= 4 is 16.9 Å². The number of fused-ring (bicyclic) bond motifs is 2. The quantitative estimate of drug-likeness (QED) is 0.727. The number of halogens is 1. The number of aromatic nitrogens is 2. The molecule has 0 bridgehead atoms. The molecule has 0 unspecified atom stereocenters. The van der Waals surface area contributed by atoms with E-state index in [2.05, 4.69) is 15.3 Å². The van der Waals surface area contributed by atoms with Crippen molar-refractivity contribution in [2.45, 2.75) is 33.1 Å². The van der Waals surface area contributed by atoms with Gasteiger partial charge in [0.15, 0.2) is 11.5 Å². The third-order valence-corrected chi connectivity index (χ3v) is 5.24. The number of hydrogen-bond donors (Lipinski definition) is 1. The smallest absolute Gasteiger partial charge is 0.253 e. The molecule has 1 N–H and O–H groups in total. The first kappa shape index (κ1) is 19.1. The number of aryl methyl sites for hydroxylation is 2. The molecule has 2 heterocycles. The Hall–Kier alpha value is -3.22. The number of carbonyl (C=O) groups excluding carboxylic acids is 1. The van der Waals surface area contributed by atoms with E-state index in [-0.39, 0.29) is 23.7 Å². The van der Waals surface area contributed by atoms with Crippen LogP contribution in [0.15, 0.2) is 30.3 Å². The molecule has 1 aliphatic rings. The average Bonchev–Trinajstić information content (AvgIpc) is 3.15. The molecule has 0 radical (unpaired) electrons. The fourth-order valence-corrected chi connectivity index (χ4v) is 3.29. The number of amides is 1. The number of nitrogens with zero attached hydrogens (tertiary/aromatic N) is 2. The van der Waals surface area contributed by atoms with Crippen molar-refractivity contribution in [2.75, 3.05) is 13.3 Å². The second-order valence-corrected chi connectivity index (χ2v) is 7.85. The zero-order valence-electron chi connectivity index (χ0n) is 16.8. The second kappa shape index (κ2) is 6.99. The summed E-state index contributed by atoms with van der Waals surface area (Å²) in [5, 5.41) is 2.91. The summed E-state index contributed by atoms with van der Waals surface area (Å²) in [6.45, 7) is 8.21. The zero-order valence-corrected chi connectivity index (χ0v) is 16.8. The molecule has 4 rings (SSSR count). The molecular formula is C22H22FN3O3. The van der Waals surface area contributed by atoms with Crippen LogP contribution in [-0.4, -0.2) is 29.2 Å². The summed E-state index contributed by atoms with van der Waals surface area (Å²) in [6, 6.07) is 8.23. The topological polar surface area (TPSA) is 73.3 Å². The highest BCUT2D eigenvalue weighted by molar-refractivity contribution is 6.04. The highest BCUT2D eigenvalue weighted by Crippen LogP contribution is 2.36. The lowest BCUT2D eigenvalue weighted by atomic mass is 9.84. The van der Waals surface area contributed by atoms with Gasteiger partial charge in [-0.15, -0.1) is 0 Å². The third kappa shape index (κ3) is 3.60. The van der Waals surface area contributed by atoms with Crippen LogP contribution in [0.25, 0.3) is 11.0 Å². The highest BCUT2D eigenvalue weighted by atomic mass is 19.1. The zero-order chi connectivity index (χ0) is 20.8. The van der Waals surface area contributed by atoms with E-state index >= 15 is 0 Å². The van der Waals surface area contributed by atoms with Gasteiger partial charge in [0.05, 0.1) is 22.5 Å². The van der Waals surface area contributed by atoms with Crippen molar-refractivity contribution in [3.8, 4) is 11.5 Å². The van der Waals surface area contributed by atoms with Crippen molar-refractivity contribution in [3.05, 3.63) is 58.7 Å². The normalized spacial score (nSPS) is 13.0. The third-order valence-electron chi connectivity index (χ3n) is 5.24. The van der Waals surface area contributed by atoms with Gasteiger partial charge in [-0.05, 0) is 37.6 Å². The predicted molar refractivity (Wildman–Crippen MR) is 107 cm³/mol. The number of rotatable bonds is 4. The molecule has 29 heavy (non-hydrogen) atoms. The van der Waals surface area contributed by atoms with E-state index in [1.54, 1.807) is 6.92 Å². The van der Waals surface area contributed by atoms with Crippen LogP contribution < -0.4 is 14.8 Å². The molecule has 1 aliphatic heterocycles. The number of hydrogen-bond acceptors (Lipinski definition) is 5. The van der Waals surface area contributed by atoms with Gasteiger partial charge in [-0.25, -0.2) is 14.4 Å². The minimum atomic E-state index is -0.518. The van der Waals surface area contributed by atoms with Gasteiger partial charge in [-0.1, -0.05) is 19.9 Å². The lowest BCUT2D eigenvalue weighted by Crippen LogP contribution is -2.36. The molecule has 0 aliphatic carbocycles. The van der Waals surface area contributed by atoms with Crippen molar-refractivity contribution < 1.29 is 18.7 Å². The van der Waals surface area contributed by atoms with Crippen molar-refractivity contribution in [1.29, 1.82) is 0 Å². The summed E-state index contributed by atoms with van der Waals surface area (Å²) >= 11 is 0. The summed E-state index contributed by atoms with van der Waals surface area (Å²) < 4.78 is 24.9. The molecule has 0 saturated heterocycles. The standard InChI is InChI=1S/C22H22FN3O3/c1-12-13(2)26-20-16(8-15(23)9-17(20)25-12)21(27)24-10-22(3,4)14-5-6-18-19(7-14)29-11-28-18/h5-9H,10-11H2,1-4H3,(H,24,27). The molecule has 0 fully saturated rings. The Kier molecular flexibility index (Phi) is 4.61. The monoisotopic (exact) mass is 395 g/mol. The molecule has 0 saturated carbocycles. The van der Waals surface area contributed by atoms with Gasteiger partial charge in [0.2, 0.25) is 6.79 Å². The lowest BCUT2D eigenvalue weighted by molar-refractivity contribution is 0.0946. The Morgan fingerprint density at radius 3 is 2.62 bits per heavy atom. The van der Waals surface area contributed by atoms with Gasteiger partial charge in [0.25, 0.3) is 5.91 Å². The Morgan fingerprint density at radius 1 is 1.10 bits per heavy atom. The Morgan fingerprint density at radius 2 is 1.83 bits per heavy atom. The first-order valence-corrected chi connectivity index (χ1v) is 9.37. The summed E-state index contributed by atoms with van der Waals surface area (Å²) in [4.78, 5) is 21.7. The number of nitrogens with one attached hydrogen (secondary N) is 1. The first-order chi connectivity index (χ1) is 13.7. The molecule has 0 spiro atoms. The van der Waals surface area contributed by atoms with Crippen molar-refractivity contribution in [3.63, 3.8) is 0 Å². The minimum absolute atomic E-state index is 0.178. The van der Waals surface area contributed by atoms with Crippen molar-refractivity contribution in [1.82, 2.24) is 15.3 Å². The van der Waals surface area contributed by atoms with Crippen LogP contribution in [0.2, 0.25) is 0 Å². The molecular weight excluding hydrogens is 373 g/mol. The Bertz CT molecular complexity index is 1130. The fraction of sp³-hybridized carbons (Fsp3) is 0.318. The molecule has 7 heteroatoms. The first-order valence-electron chi connectivity index (χ1n) is 9.37. The van der Waals surface area contributed by atoms with E-state index in [0.717, 1.165) is 5.56 Å². The van der Waals surface area contributed by atoms with E-state index < -0.39 is 5.82 Å². The van der Waals surface area contributed by atoms with E-state index in [0.29, 0.717) is 40.5 Å². The van der Waals surface area contributed by atoms with E-state index in [9.17, 15) is 9.18 Å². The van der Waals surface area contributed by atoms with Gasteiger partial charge in [-0.2, -0.15) is 0 Å². The molecule has 3 aromatic rings. The molecule has 0 atom stereocenters. The van der Waals surface area contributed by atoms with Crippen LogP contribution in [0.3, 0.4) is 0 Å². The van der Waals surface area contributed by atoms with Crippen LogP contribution in [0.4, 0.5) is 4.39 Å². The minimum Gasteiger partial charge on any atom is -0.454 e. The summed E-state index contributed by atoms with van der Waals surface area (Å²) in [5.41, 5.74) is 2.98. The highest BCUT2D eigenvalue weighted by Gasteiger charge is 2.25. The summed E-state index contributed by atoms with van der Waals surface area (Å²) in [7, 11) is 0. The number of carbonyl (C=O) groups is 1. The second-order valence-electron chi connectivity index (χ2n) is 7.85. The van der Waals surface area contributed by atoms with Gasteiger partial charge >= 0.3 is 0 Å². The predicted octanol–water partition coefficient (Wildman–Crippen LogP) is 3.82. The maximum atomic E-state index is 14.1. The van der Waals surface area contributed by atoms with E-state index in [1.165, 1.54) is 12.1 Å². The van der Waals surface area contributed by atoms with Crippen LogP contribution >= 0.6 is 0 Å². The molecule has 150 valence electrons. The van der Waals surface area contributed by atoms with Gasteiger partial charge in [0.1, 0.15) is 11.3 Å². The van der Waals surface area contributed by atoms with E-state index in [1.807, 2.05) is 39.0 Å². The van der Waals surface area contributed by atoms with Crippen LogP contribution in [0.1, 0.15) is 41.2 Å². The van der Waals surface area contributed by atoms with Gasteiger partial charge in [-0.3, -0.25) is 4.79 Å². The van der Waals surface area contributed by atoms with Crippen molar-refractivity contribution in [2.24, 2.45) is 0 Å². The average molecular weight is 395 g/mol. The maximum absolute atomic E-state index is 14.1. The largest absolute Gasteiger partial charge is 0.454 e. The SMILES string of the molecule is Cc1nc2cc(F)cc(C(=O)NCC(C)(C)c3ccc4c(c3)OCO4)c2nc1C. The van der Waals surface area contributed by atoms with Gasteiger partial charge in [0, 0.05) is 18.0 Å². The van der Waals surface area contributed by atoms with Crippen LogP contribution in [0, 0.1) is 19.7 Å². The fourth-order valence-electron chi connectivity index (χ4n) is 3.29. The molecule has 1 aromatic heterocycles. The molecule has 1 amide bonds. The number of ether oxygens (including phenoxy) is 2.